The lowest BCUT2D eigenvalue weighted by atomic mass is 9.89. The number of piperazine rings is 1. The summed E-state index contributed by atoms with van der Waals surface area (Å²) >= 11 is 0. The molecule has 4 aromatic rings. The lowest BCUT2D eigenvalue weighted by molar-refractivity contribution is 0.0716. The van der Waals surface area contributed by atoms with Crippen molar-refractivity contribution in [3.8, 4) is 17.0 Å². The molecular formula is C33H37N7O2. The van der Waals surface area contributed by atoms with Gasteiger partial charge in [0, 0.05) is 67.3 Å². The summed E-state index contributed by atoms with van der Waals surface area (Å²) in [4.78, 5) is 37.3. The minimum Gasteiger partial charge on any atom is -0.474 e. The molecule has 6 heterocycles. The van der Waals surface area contributed by atoms with Crippen LogP contribution in [0.2, 0.25) is 0 Å². The number of pyridine rings is 1. The molecule has 1 aromatic carbocycles. The molecular weight excluding hydrogens is 526 g/mol. The molecule has 0 saturated carbocycles. The Labute approximate surface area is 245 Å². The molecule has 0 spiro atoms. The highest BCUT2D eigenvalue weighted by molar-refractivity contribution is 6.02. The predicted molar refractivity (Wildman–Crippen MR) is 164 cm³/mol. The number of nitrogens with one attached hydrogen (secondary N) is 1. The summed E-state index contributed by atoms with van der Waals surface area (Å²) in [5.41, 5.74) is 8.11. The Hall–Kier alpha value is -4.24. The molecule has 9 heteroatoms. The fourth-order valence-electron chi connectivity index (χ4n) is 6.43. The van der Waals surface area contributed by atoms with Crippen LogP contribution < -0.4 is 4.74 Å². The number of likely N-dealkylation sites (tertiary alicyclic amines) is 1. The number of carbonyl (C=O) groups excluding carboxylic acids is 1. The number of fused-ring (bicyclic) bond motifs is 3. The molecule has 42 heavy (non-hydrogen) atoms. The van der Waals surface area contributed by atoms with E-state index in [0.29, 0.717) is 30.5 Å². The van der Waals surface area contributed by atoms with Crippen LogP contribution in [0.1, 0.15) is 44.0 Å². The van der Waals surface area contributed by atoms with Gasteiger partial charge < -0.3 is 24.4 Å². The molecule has 7 rings (SSSR count). The van der Waals surface area contributed by atoms with E-state index >= 15 is 0 Å². The van der Waals surface area contributed by atoms with Crippen LogP contribution in [0.5, 0.6) is 5.88 Å². The third kappa shape index (κ3) is 4.71. The Morgan fingerprint density at radius 1 is 1.02 bits per heavy atom. The van der Waals surface area contributed by atoms with Gasteiger partial charge in [0.05, 0.1) is 23.0 Å². The lowest BCUT2D eigenvalue weighted by Gasteiger charge is -2.41. The first-order chi connectivity index (χ1) is 20.4. The molecule has 1 amide bonds. The number of rotatable bonds is 4. The van der Waals surface area contributed by atoms with Crippen molar-refractivity contribution in [1.29, 1.82) is 0 Å². The Bertz CT molecular complexity index is 1750. The fourth-order valence-corrected chi connectivity index (χ4v) is 6.43. The van der Waals surface area contributed by atoms with E-state index in [4.69, 9.17) is 4.74 Å². The molecule has 3 aromatic heterocycles. The first-order valence-electron chi connectivity index (χ1n) is 14.9. The van der Waals surface area contributed by atoms with Crippen molar-refractivity contribution in [2.24, 2.45) is 5.92 Å². The number of carbonyl (C=O) groups is 1. The number of aromatic nitrogens is 4. The first kappa shape index (κ1) is 26.6. The third-order valence-corrected chi connectivity index (χ3v) is 9.36. The van der Waals surface area contributed by atoms with E-state index in [-0.39, 0.29) is 12.0 Å². The summed E-state index contributed by atoms with van der Waals surface area (Å²) in [6.07, 6.45) is 9.57. The Kier molecular flexibility index (Phi) is 6.69. The van der Waals surface area contributed by atoms with Crippen LogP contribution in [-0.4, -0.2) is 86.4 Å². The van der Waals surface area contributed by atoms with E-state index in [9.17, 15) is 4.79 Å². The van der Waals surface area contributed by atoms with Gasteiger partial charge in [0.15, 0.2) is 0 Å². The topological polar surface area (TPSA) is 90.5 Å². The van der Waals surface area contributed by atoms with Gasteiger partial charge in [-0.05, 0) is 63.1 Å². The van der Waals surface area contributed by atoms with Crippen molar-refractivity contribution in [2.75, 3.05) is 39.8 Å². The molecule has 1 atom stereocenters. The van der Waals surface area contributed by atoms with Crippen molar-refractivity contribution in [1.82, 2.24) is 34.6 Å². The van der Waals surface area contributed by atoms with Crippen LogP contribution in [0.25, 0.3) is 33.1 Å². The second kappa shape index (κ2) is 10.5. The van der Waals surface area contributed by atoms with Crippen LogP contribution in [-0.2, 0) is 0 Å². The average molecular weight is 564 g/mol. The number of hydrogen-bond acceptors (Lipinski definition) is 7. The number of amides is 1. The number of aromatic amines is 1. The molecule has 2 saturated heterocycles. The van der Waals surface area contributed by atoms with Crippen LogP contribution in [0.3, 0.4) is 0 Å². The van der Waals surface area contributed by atoms with E-state index < -0.39 is 0 Å². The van der Waals surface area contributed by atoms with Gasteiger partial charge in [0.2, 0.25) is 5.88 Å². The summed E-state index contributed by atoms with van der Waals surface area (Å²) in [6, 6.07) is 8.12. The fraction of sp³-hybridized carbons (Fsp3) is 0.394. The molecule has 2 fully saturated rings. The molecule has 3 aliphatic heterocycles. The summed E-state index contributed by atoms with van der Waals surface area (Å²) in [5.74, 6) is 1.03. The third-order valence-electron chi connectivity index (χ3n) is 9.36. The lowest BCUT2D eigenvalue weighted by Crippen LogP contribution is -2.47. The maximum Gasteiger partial charge on any atom is 0.255 e. The Morgan fingerprint density at radius 2 is 1.86 bits per heavy atom. The molecule has 216 valence electrons. The number of allylic oxidation sites excluding steroid dienone is 2. The number of ether oxygens (including phenoxy) is 1. The van der Waals surface area contributed by atoms with Gasteiger partial charge in [-0.1, -0.05) is 18.6 Å². The quantitative estimate of drug-likeness (QED) is 0.364. The minimum atomic E-state index is 0.0103. The van der Waals surface area contributed by atoms with Crippen LogP contribution in [0, 0.1) is 5.92 Å². The first-order valence-corrected chi connectivity index (χ1v) is 14.9. The molecule has 0 aliphatic carbocycles. The zero-order valence-electron chi connectivity index (χ0n) is 24.7. The maximum atomic E-state index is 13.8. The largest absolute Gasteiger partial charge is 0.474 e. The highest BCUT2D eigenvalue weighted by Gasteiger charge is 2.30. The summed E-state index contributed by atoms with van der Waals surface area (Å²) in [7, 11) is 2.14. The van der Waals surface area contributed by atoms with Gasteiger partial charge in [-0.15, -0.1) is 0 Å². The van der Waals surface area contributed by atoms with Crippen molar-refractivity contribution < 1.29 is 9.53 Å². The molecule has 1 unspecified atom stereocenters. The van der Waals surface area contributed by atoms with E-state index in [1.165, 1.54) is 16.8 Å². The number of H-pyrrole nitrogens is 1. The van der Waals surface area contributed by atoms with Crippen LogP contribution in [0.15, 0.2) is 66.0 Å². The highest BCUT2D eigenvalue weighted by atomic mass is 16.5. The Balaban J connectivity index is 1.18. The zero-order chi connectivity index (χ0) is 29.0. The van der Waals surface area contributed by atoms with Gasteiger partial charge in [0.1, 0.15) is 18.1 Å². The van der Waals surface area contributed by atoms with Gasteiger partial charge in [0.25, 0.3) is 5.91 Å². The molecule has 1 N–H and O–H groups in total. The zero-order valence-corrected chi connectivity index (χ0v) is 24.7. The second-order valence-electron chi connectivity index (χ2n) is 12.0. The van der Waals surface area contributed by atoms with Gasteiger partial charge in [-0.2, -0.15) is 0 Å². The van der Waals surface area contributed by atoms with E-state index in [1.54, 1.807) is 12.5 Å². The normalized spacial score (nSPS) is 20.3. The summed E-state index contributed by atoms with van der Waals surface area (Å²) < 4.78 is 6.39. The van der Waals surface area contributed by atoms with E-state index in [0.717, 1.165) is 65.5 Å². The monoisotopic (exact) mass is 563 g/mol. The van der Waals surface area contributed by atoms with E-state index in [2.05, 4.69) is 75.9 Å². The number of nitrogens with zero attached hydrogens (tertiary/aromatic N) is 6. The number of hydrogen-bond donors (Lipinski definition) is 1. The molecule has 0 radical (unpaired) electrons. The van der Waals surface area contributed by atoms with Gasteiger partial charge in [-0.25, -0.2) is 15.0 Å². The highest BCUT2D eigenvalue weighted by Crippen LogP contribution is 2.35. The number of benzene rings is 1. The predicted octanol–water partition coefficient (Wildman–Crippen LogP) is 5.23. The van der Waals surface area contributed by atoms with Crippen molar-refractivity contribution in [3.05, 3.63) is 71.6 Å². The summed E-state index contributed by atoms with van der Waals surface area (Å²) in [5, 5.41) is 1.80. The van der Waals surface area contributed by atoms with Crippen LogP contribution >= 0.6 is 0 Å². The molecule has 9 nitrogen and oxygen atoms in total. The van der Waals surface area contributed by atoms with Crippen LogP contribution in [0.4, 0.5) is 0 Å². The second-order valence-corrected chi connectivity index (χ2v) is 12.0. The smallest absolute Gasteiger partial charge is 0.255 e. The minimum absolute atomic E-state index is 0.0103. The number of piperidine rings is 1. The van der Waals surface area contributed by atoms with E-state index in [1.807, 2.05) is 23.2 Å². The standard InChI is InChI=1S/C33H37N7O2/c1-20-17-39-11-12-40(18-30(39)22(3)21(20)2)33(41)24-14-26-28(16-35-31(26)34-15-24)23-5-6-29-27(13-23)32(37-19-36-29)42-25-7-9-38(4)10-8-25/h5-6,13-17,19,21,25H,7-12,18H2,1-4H3,(H,34,35). The van der Waals surface area contributed by atoms with Crippen molar-refractivity contribution in [3.63, 3.8) is 0 Å². The van der Waals surface area contributed by atoms with Gasteiger partial charge >= 0.3 is 0 Å². The van der Waals surface area contributed by atoms with Crippen molar-refractivity contribution >= 4 is 27.8 Å². The summed E-state index contributed by atoms with van der Waals surface area (Å²) in [6.45, 7) is 10.7. The SMILES string of the molecule is CC1=CN2CCN(C(=O)c3cnc4[nH]cc(-c5ccc6ncnc(OC7CCN(C)CC7)c6c5)c4c3)CC2=C(C)C1C. The van der Waals surface area contributed by atoms with Gasteiger partial charge in [-0.3, -0.25) is 4.79 Å². The van der Waals surface area contributed by atoms with Crippen molar-refractivity contribution in [2.45, 2.75) is 39.7 Å². The Morgan fingerprint density at radius 3 is 2.69 bits per heavy atom. The average Bonchev–Trinajstić information content (AvgIpc) is 3.44. The maximum absolute atomic E-state index is 13.8. The molecule has 0 bridgehead atoms. The molecule has 3 aliphatic rings.